The molecule has 0 saturated heterocycles. The molecule has 0 aromatic carbocycles. The van der Waals surface area contributed by atoms with E-state index in [1.165, 1.54) is 0 Å². The van der Waals surface area contributed by atoms with Crippen LogP contribution in [0.2, 0.25) is 0 Å². The molecule has 1 rings (SSSR count). The third-order valence-electron chi connectivity index (χ3n) is 3.88. The van der Waals surface area contributed by atoms with Crippen molar-refractivity contribution < 1.29 is 4.74 Å². The summed E-state index contributed by atoms with van der Waals surface area (Å²) in [5.74, 6) is 2.95. The maximum Gasteiger partial charge on any atom is 0.216 e. The van der Waals surface area contributed by atoms with Gasteiger partial charge in [-0.3, -0.25) is 0 Å². The highest BCUT2D eigenvalue weighted by Crippen LogP contribution is 2.22. The van der Waals surface area contributed by atoms with E-state index in [4.69, 9.17) is 4.74 Å². The summed E-state index contributed by atoms with van der Waals surface area (Å²) in [5, 5.41) is 7.96. The summed E-state index contributed by atoms with van der Waals surface area (Å²) >= 11 is 0. The molecule has 0 atom stereocenters. The largest absolute Gasteiger partial charge is 0.481 e. The van der Waals surface area contributed by atoms with Gasteiger partial charge >= 0.3 is 0 Å². The quantitative estimate of drug-likeness (QED) is 0.825. The van der Waals surface area contributed by atoms with Gasteiger partial charge in [0.15, 0.2) is 0 Å². The lowest BCUT2D eigenvalue weighted by Crippen LogP contribution is -2.29. The highest BCUT2D eigenvalue weighted by molar-refractivity contribution is 5.30. The predicted molar refractivity (Wildman–Crippen MR) is 79.4 cm³/mol. The Hall–Kier alpha value is -1.03. The van der Waals surface area contributed by atoms with Crippen LogP contribution in [0.1, 0.15) is 39.0 Å². The Kier molecular flexibility index (Phi) is 5.85. The van der Waals surface area contributed by atoms with E-state index in [1.54, 1.807) is 11.8 Å². The van der Waals surface area contributed by atoms with Crippen molar-refractivity contribution in [3.63, 3.8) is 0 Å². The van der Waals surface area contributed by atoms with E-state index in [0.29, 0.717) is 17.8 Å². The summed E-state index contributed by atoms with van der Waals surface area (Å²) in [6.07, 6.45) is 0. The predicted octanol–water partition coefficient (Wildman–Crippen LogP) is 2.75. The number of nitrogens with zero attached hydrogens (tertiary/aromatic N) is 2. The van der Waals surface area contributed by atoms with Crippen molar-refractivity contribution in [1.29, 1.82) is 0 Å². The first kappa shape index (κ1) is 16.0. The molecule has 0 aliphatic heterocycles. The van der Waals surface area contributed by atoms with Gasteiger partial charge in [0, 0.05) is 13.6 Å². The molecule has 110 valence electrons. The molecule has 4 heteroatoms. The molecule has 0 spiro atoms. The van der Waals surface area contributed by atoms with Crippen LogP contribution in [0.3, 0.4) is 0 Å². The zero-order valence-electron chi connectivity index (χ0n) is 13.4. The van der Waals surface area contributed by atoms with Gasteiger partial charge in [0.2, 0.25) is 5.88 Å². The van der Waals surface area contributed by atoms with Gasteiger partial charge in [-0.25, -0.2) is 4.68 Å². The molecule has 0 amide bonds. The summed E-state index contributed by atoms with van der Waals surface area (Å²) < 4.78 is 7.21. The summed E-state index contributed by atoms with van der Waals surface area (Å²) in [5.41, 5.74) is 2.20. The SMILES string of the molecule is COc1c(CNCC(C(C)C)C(C)C)c(C)nn1C. The zero-order valence-corrected chi connectivity index (χ0v) is 13.4. The number of rotatable bonds is 7. The lowest BCUT2D eigenvalue weighted by Gasteiger charge is -2.25. The van der Waals surface area contributed by atoms with Gasteiger partial charge in [-0.05, 0) is 31.2 Å². The third kappa shape index (κ3) is 3.96. The topological polar surface area (TPSA) is 39.1 Å². The number of hydrogen-bond acceptors (Lipinski definition) is 3. The highest BCUT2D eigenvalue weighted by Gasteiger charge is 2.18. The minimum atomic E-state index is 0.697. The lowest BCUT2D eigenvalue weighted by molar-refractivity contribution is 0.274. The Morgan fingerprint density at radius 1 is 1.21 bits per heavy atom. The summed E-state index contributed by atoms with van der Waals surface area (Å²) in [6, 6.07) is 0. The maximum absolute atomic E-state index is 5.41. The molecule has 1 heterocycles. The van der Waals surface area contributed by atoms with Crippen molar-refractivity contribution in [2.45, 2.75) is 41.2 Å². The normalized spacial score (nSPS) is 11.9. The van der Waals surface area contributed by atoms with E-state index in [0.717, 1.165) is 30.2 Å². The van der Waals surface area contributed by atoms with Crippen LogP contribution in [0.4, 0.5) is 0 Å². The van der Waals surface area contributed by atoms with Gasteiger partial charge in [0.05, 0.1) is 18.4 Å². The van der Waals surface area contributed by atoms with Crippen LogP contribution in [0.25, 0.3) is 0 Å². The van der Waals surface area contributed by atoms with Crippen LogP contribution in [0.5, 0.6) is 5.88 Å². The fourth-order valence-corrected chi connectivity index (χ4v) is 2.74. The summed E-state index contributed by atoms with van der Waals surface area (Å²) in [7, 11) is 3.62. The molecule has 0 aliphatic rings. The van der Waals surface area contributed by atoms with E-state index in [9.17, 15) is 0 Å². The van der Waals surface area contributed by atoms with Crippen molar-refractivity contribution in [2.75, 3.05) is 13.7 Å². The van der Waals surface area contributed by atoms with Gasteiger partial charge in [-0.1, -0.05) is 27.7 Å². The van der Waals surface area contributed by atoms with E-state index in [-0.39, 0.29) is 0 Å². The number of aromatic nitrogens is 2. The number of hydrogen-bond donors (Lipinski definition) is 1. The molecule has 0 radical (unpaired) electrons. The summed E-state index contributed by atoms with van der Waals surface area (Å²) in [6.45, 7) is 13.1. The summed E-state index contributed by atoms with van der Waals surface area (Å²) in [4.78, 5) is 0. The average molecular weight is 267 g/mol. The molecule has 0 saturated carbocycles. The second-order valence-corrected chi connectivity index (χ2v) is 5.98. The van der Waals surface area contributed by atoms with Crippen LogP contribution in [0, 0.1) is 24.7 Å². The molecule has 0 bridgehead atoms. The van der Waals surface area contributed by atoms with Gasteiger partial charge in [-0.15, -0.1) is 0 Å². The van der Waals surface area contributed by atoms with Crippen molar-refractivity contribution in [2.24, 2.45) is 24.8 Å². The van der Waals surface area contributed by atoms with Crippen molar-refractivity contribution in [3.8, 4) is 5.88 Å². The van der Waals surface area contributed by atoms with Crippen LogP contribution in [-0.4, -0.2) is 23.4 Å². The number of aryl methyl sites for hydroxylation is 2. The molecular weight excluding hydrogens is 238 g/mol. The van der Waals surface area contributed by atoms with E-state index < -0.39 is 0 Å². The monoisotopic (exact) mass is 267 g/mol. The van der Waals surface area contributed by atoms with Crippen LogP contribution in [0.15, 0.2) is 0 Å². The molecule has 1 aromatic heterocycles. The molecule has 19 heavy (non-hydrogen) atoms. The fraction of sp³-hybridized carbons (Fsp3) is 0.800. The Bertz CT molecular complexity index is 388. The first-order chi connectivity index (χ1) is 8.88. The standard InChI is InChI=1S/C15H29N3O/c1-10(2)13(11(3)4)8-16-9-14-12(5)17-18(6)15(14)19-7/h10-11,13,16H,8-9H2,1-7H3. The fourth-order valence-electron chi connectivity index (χ4n) is 2.74. The Balaban J connectivity index is 2.62. The van der Waals surface area contributed by atoms with Gasteiger partial charge < -0.3 is 10.1 Å². The lowest BCUT2D eigenvalue weighted by atomic mass is 9.85. The van der Waals surface area contributed by atoms with Crippen molar-refractivity contribution >= 4 is 0 Å². The van der Waals surface area contributed by atoms with Crippen LogP contribution in [-0.2, 0) is 13.6 Å². The van der Waals surface area contributed by atoms with E-state index in [1.807, 2.05) is 14.0 Å². The maximum atomic E-state index is 5.41. The van der Waals surface area contributed by atoms with Crippen LogP contribution < -0.4 is 10.1 Å². The zero-order chi connectivity index (χ0) is 14.6. The number of methoxy groups -OCH3 is 1. The number of ether oxygens (including phenoxy) is 1. The second-order valence-electron chi connectivity index (χ2n) is 5.98. The van der Waals surface area contributed by atoms with Gasteiger partial charge in [0.25, 0.3) is 0 Å². The first-order valence-electron chi connectivity index (χ1n) is 7.15. The van der Waals surface area contributed by atoms with Crippen LogP contribution >= 0.6 is 0 Å². The molecule has 1 aromatic rings. The number of nitrogens with one attached hydrogen (secondary N) is 1. The Morgan fingerprint density at radius 2 is 1.79 bits per heavy atom. The van der Waals surface area contributed by atoms with Crippen molar-refractivity contribution in [1.82, 2.24) is 15.1 Å². The first-order valence-corrected chi connectivity index (χ1v) is 7.15. The molecular formula is C15H29N3O. The molecule has 0 aliphatic carbocycles. The average Bonchev–Trinajstić information content (AvgIpc) is 2.57. The van der Waals surface area contributed by atoms with Gasteiger partial charge in [0.1, 0.15) is 0 Å². The second kappa shape index (κ2) is 6.94. The molecule has 0 fully saturated rings. The Labute approximate surface area is 117 Å². The third-order valence-corrected chi connectivity index (χ3v) is 3.88. The molecule has 1 N–H and O–H groups in total. The minimum absolute atomic E-state index is 0.697. The molecule has 0 unspecified atom stereocenters. The minimum Gasteiger partial charge on any atom is -0.481 e. The molecule has 4 nitrogen and oxygen atoms in total. The smallest absolute Gasteiger partial charge is 0.216 e. The van der Waals surface area contributed by atoms with E-state index in [2.05, 4.69) is 38.1 Å². The van der Waals surface area contributed by atoms with Crippen molar-refractivity contribution in [3.05, 3.63) is 11.3 Å². The van der Waals surface area contributed by atoms with Gasteiger partial charge in [-0.2, -0.15) is 5.10 Å². The Morgan fingerprint density at radius 3 is 2.26 bits per heavy atom. The highest BCUT2D eigenvalue weighted by atomic mass is 16.5. The van der Waals surface area contributed by atoms with E-state index >= 15 is 0 Å².